The summed E-state index contributed by atoms with van der Waals surface area (Å²) in [7, 11) is 1.21. The number of phenols is 2. The minimum Gasteiger partial charge on any atom is -0.506 e. The first kappa shape index (κ1) is 115. The number of nitrogens with one attached hydrogen (secondary N) is 1. The van der Waals surface area contributed by atoms with Gasteiger partial charge in [0.05, 0.1) is 64.0 Å². The summed E-state index contributed by atoms with van der Waals surface area (Å²) < 4.78 is 4.38. The molecular weight excluding hydrogens is 1810 g/mol. The number of Topliss-reactive ketones (excluding diaryl/α,β-unsaturated/α-hetero) is 2. The van der Waals surface area contributed by atoms with E-state index in [1.807, 2.05) is 77.1 Å². The Hall–Kier alpha value is -18.1. The lowest BCUT2D eigenvalue weighted by molar-refractivity contribution is -0.138. The van der Waals surface area contributed by atoms with Crippen LogP contribution in [-0.2, 0) is 34.1 Å². The van der Waals surface area contributed by atoms with Crippen LogP contribution >= 0.6 is 12.2 Å². The number of carboxylic acids is 11. The number of aliphatic carboxylic acids is 4. The van der Waals surface area contributed by atoms with Crippen LogP contribution in [0.1, 0.15) is 206 Å². The van der Waals surface area contributed by atoms with Gasteiger partial charge in [-0.1, -0.05) is 103 Å². The first-order valence-corrected chi connectivity index (χ1v) is 40.0. The molecule has 43 heteroatoms. The van der Waals surface area contributed by atoms with E-state index in [0.29, 0.717) is 56.6 Å². The quantitative estimate of drug-likeness (QED) is 0.00831. The van der Waals surface area contributed by atoms with E-state index in [2.05, 4.69) is 75.1 Å². The molecule has 0 aliphatic rings. The highest BCUT2D eigenvalue weighted by Crippen LogP contribution is 2.31. The van der Waals surface area contributed by atoms with Gasteiger partial charge in [-0.25, -0.2) is 87.6 Å². The number of rotatable bonds is 25. The van der Waals surface area contributed by atoms with Gasteiger partial charge in [0.25, 0.3) is 0 Å². The fraction of sp³-hybridized carbons (Fsp3) is 0.191. The van der Waals surface area contributed by atoms with Gasteiger partial charge in [-0.2, -0.15) is 0 Å². The lowest BCUT2D eigenvalue weighted by Crippen LogP contribution is -2.28. The Labute approximate surface area is 787 Å². The number of thiocarbonyl (C=S) groups is 1. The number of ether oxygens (including phenoxy) is 1. The Morgan fingerprint density at radius 3 is 1.21 bits per heavy atom. The third-order valence-corrected chi connectivity index (χ3v) is 16.6. The van der Waals surface area contributed by atoms with Gasteiger partial charge >= 0.3 is 71.6 Å². The van der Waals surface area contributed by atoms with Gasteiger partial charge in [-0.3, -0.25) is 34.3 Å². The molecule has 137 heavy (non-hydrogen) atoms. The molecule has 0 saturated carbocycles. The molecule has 3 aromatic carbocycles. The van der Waals surface area contributed by atoms with Crippen LogP contribution in [0.5, 0.6) is 11.5 Å². The topological polar surface area (TPSA) is 688 Å². The second-order valence-electron chi connectivity index (χ2n) is 28.5. The van der Waals surface area contributed by atoms with E-state index >= 15 is 0 Å². The molecule has 0 fully saturated rings. The van der Waals surface area contributed by atoms with Gasteiger partial charge in [-0.15, -0.1) is 10.2 Å². The van der Waals surface area contributed by atoms with Crippen molar-refractivity contribution >= 4 is 135 Å². The predicted octanol–water partition coefficient (Wildman–Crippen LogP) is 14.6. The lowest BCUT2D eigenvalue weighted by Gasteiger charge is -2.20. The van der Waals surface area contributed by atoms with Crippen molar-refractivity contribution in [3.05, 3.63) is 305 Å². The third-order valence-electron chi connectivity index (χ3n) is 16.3. The maximum absolute atomic E-state index is 11.4. The summed E-state index contributed by atoms with van der Waals surface area (Å²) in [6.07, 6.45) is 2.19. The fourth-order valence-electron chi connectivity index (χ4n) is 9.36. The van der Waals surface area contributed by atoms with Crippen molar-refractivity contribution in [3.63, 3.8) is 0 Å². The smallest absolute Gasteiger partial charge is 0.356 e. The summed E-state index contributed by atoms with van der Waals surface area (Å²) >= 11 is 4.85. The molecule has 42 nitrogen and oxygen atoms in total. The summed E-state index contributed by atoms with van der Waals surface area (Å²) in [4.78, 5) is 190. The van der Waals surface area contributed by atoms with E-state index in [9.17, 15) is 77.3 Å². The van der Waals surface area contributed by atoms with Crippen LogP contribution in [-0.4, -0.2) is 237 Å². The Balaban J connectivity index is 0.000000518. The number of methoxy groups -OCH3 is 1. The van der Waals surface area contributed by atoms with E-state index in [1.165, 1.54) is 114 Å². The Kier molecular flexibility index (Phi) is 49.2. The lowest BCUT2D eigenvalue weighted by atomic mass is 9.85. The second-order valence-corrected chi connectivity index (χ2v) is 29.2. The molecule has 716 valence electrons. The third kappa shape index (κ3) is 44.9. The number of hydrogen-bond donors (Lipinski definition) is 14. The highest BCUT2D eigenvalue weighted by Gasteiger charge is 2.28. The number of aromatic hydroxyl groups is 2. The van der Waals surface area contributed by atoms with Gasteiger partial charge in [0.1, 0.15) is 104 Å². The number of pyridine rings is 8. The maximum Gasteiger partial charge on any atom is 0.356 e. The normalized spacial score (nSPS) is 10.9. The molecule has 8 aromatic heterocycles. The van der Waals surface area contributed by atoms with Crippen molar-refractivity contribution in [1.82, 2.24) is 39.9 Å². The largest absolute Gasteiger partial charge is 0.506 e. The van der Waals surface area contributed by atoms with Crippen LogP contribution in [0.25, 0.3) is 11.4 Å². The molecule has 0 aliphatic heterocycles. The molecule has 0 amide bonds. The average Bonchev–Trinajstić information content (AvgIpc) is 0.817. The zero-order valence-electron chi connectivity index (χ0n) is 75.5. The minimum absolute atomic E-state index is 0.0117. The number of hydrogen-bond acceptors (Lipinski definition) is 32. The van der Waals surface area contributed by atoms with Crippen molar-refractivity contribution in [2.24, 2.45) is 25.2 Å². The molecule has 8 heterocycles. The van der Waals surface area contributed by atoms with E-state index in [1.54, 1.807) is 130 Å². The SMILES string of the molecule is CC(=NC(C)(C)C)c1cccc(C(=O)O)n1.CC(=NC(C)C(=O)O)C(=O)O.CC(=O)C(C)(C)c1cccc(C(=O)O)n1.CC(=O)c1cccc(C(=O)O)n1.CC(=S)c1cccc(C(=O)O)n1.CC(Nc1ccccc1)c1cccc(C(=O)O)n1.COC(=O)c1cccc(C(=O)O)n1.O=C(O)C=NCC(=O)O.O=C(O)c1cccc(-c2ccccn2)n1.Oc1ccccc1N=Nc1ccccc1O. The summed E-state index contributed by atoms with van der Waals surface area (Å²) in [6, 6.07) is 59.9. The standard InChI is InChI=1S/C14H14N2O2.C12H10N2O2.C12H16N2O2.C11H8N2O2.C11H13NO3.C8H7NO4.C8H7NO3.C8H7NO2S.C6H9NO4.C4H5NO4/c1-10(15-11-6-3-2-4-7-11)12-8-5-9-13(16-12)14(17)18;15-11-7-3-1-5-9(11)13-14-10-6-2-4-8-12(10)16;1-8(14-12(2,3)4)9-6-5-7-10(13-9)11(15)16;14-11(15)10-6-3-5-9(13-10)8-4-1-2-7-12-8;1-7(13)11(2,3)9-6-4-5-8(12-9)10(14)15;1-13-8(12)6-4-2-3-5(9-6)7(10)11;1-5(10)6-3-2-4-7(9-6)8(11)12;1-5(12)6-3-2-4-7(9-6)8(10)11;1-3(5(8)9)7-4(2)6(10)11;6-3(7)1-5-2-4(8)9/h2-10,15H,1H3,(H,17,18);1-8,15-16H;5-7H,1-4H3,(H,15,16);1-7H,(H,14,15);4-6H,1-3H3,(H,14,15);2-4H,1H3,(H,10,11);2-4H,1H3,(H,11,12);2-4H,1H3,(H,10,11);3H,1-2H3,(H,8,9)(H,10,11);1H,2H2,(H,6,7)(H,8,9). The number of carboxylic acid groups (broad SMARTS) is 11. The molecule has 11 rings (SSSR count). The second kappa shape index (κ2) is 58.6. The van der Waals surface area contributed by atoms with Crippen LogP contribution in [0.2, 0.25) is 0 Å². The zero-order valence-corrected chi connectivity index (χ0v) is 76.4. The Morgan fingerprint density at radius 1 is 0.423 bits per heavy atom. The van der Waals surface area contributed by atoms with Crippen LogP contribution in [0.15, 0.2) is 256 Å². The molecule has 14 N–H and O–H groups in total. The predicted molar refractivity (Wildman–Crippen MR) is 501 cm³/mol. The minimum atomic E-state index is -1.24. The first-order chi connectivity index (χ1) is 64.3. The molecule has 0 bridgehead atoms. The average molecular weight is 1900 g/mol. The van der Waals surface area contributed by atoms with Gasteiger partial charge in [0, 0.05) is 23.7 Å². The van der Waals surface area contributed by atoms with Crippen LogP contribution in [0.4, 0.5) is 17.1 Å². The number of ketones is 2. The Morgan fingerprint density at radius 2 is 0.803 bits per heavy atom. The fourth-order valence-corrected chi connectivity index (χ4v) is 9.47. The summed E-state index contributed by atoms with van der Waals surface area (Å²) in [6.45, 7) is 19.8. The first-order valence-electron chi connectivity index (χ1n) is 39.6. The van der Waals surface area contributed by atoms with E-state index in [4.69, 9.17) is 68.4 Å². The van der Waals surface area contributed by atoms with Crippen molar-refractivity contribution in [2.75, 3.05) is 19.0 Å². The van der Waals surface area contributed by atoms with Gasteiger partial charge in [0.2, 0.25) is 0 Å². The number of anilines is 1. The number of nitrogens with zero attached hydrogens (tertiary/aromatic N) is 13. The van der Waals surface area contributed by atoms with Crippen LogP contribution in [0, 0.1) is 0 Å². The monoisotopic (exact) mass is 1900 g/mol. The van der Waals surface area contributed by atoms with Gasteiger partial charge < -0.3 is 76.4 Å². The number of phenolic OH excluding ortho intramolecular Hbond substituents is 2. The van der Waals surface area contributed by atoms with E-state index < -0.39 is 89.6 Å². The number of carbonyl (C=O) groups is 14. The van der Waals surface area contributed by atoms with Gasteiger partial charge in [0.15, 0.2) is 5.78 Å². The molecule has 0 aliphatic carbocycles. The summed E-state index contributed by atoms with van der Waals surface area (Å²) in [5.41, 5.74) is 4.90. The van der Waals surface area contributed by atoms with E-state index in [-0.39, 0.29) is 91.6 Å². The number of benzene rings is 3. The molecule has 2 unspecified atom stereocenters. The number of carbonyl (C=O) groups excluding carboxylic acids is 3. The number of aliphatic imine (C=N–C) groups is 3. The molecule has 0 spiro atoms. The number of esters is 1. The van der Waals surface area contributed by atoms with Gasteiger partial charge in [-0.05, 0) is 210 Å². The number of aromatic carboxylic acids is 7. The van der Waals surface area contributed by atoms with Crippen LogP contribution in [0.3, 0.4) is 0 Å². The summed E-state index contributed by atoms with van der Waals surface area (Å²) in [5.74, 6) is -13.0. The zero-order chi connectivity index (χ0) is 103. The van der Waals surface area contributed by atoms with Crippen molar-refractivity contribution in [3.8, 4) is 22.9 Å². The molecule has 11 aromatic rings. The molecule has 2 atom stereocenters. The highest BCUT2D eigenvalue weighted by atomic mass is 32.1. The molecule has 0 saturated heterocycles. The van der Waals surface area contributed by atoms with E-state index in [0.717, 1.165) is 11.4 Å². The van der Waals surface area contributed by atoms with Crippen LogP contribution < -0.4 is 5.32 Å². The van der Waals surface area contributed by atoms with Crippen molar-refractivity contribution in [1.29, 1.82) is 0 Å². The van der Waals surface area contributed by atoms with Crippen molar-refractivity contribution in [2.45, 2.75) is 106 Å². The number of azo groups is 1. The number of para-hydroxylation sites is 3. The maximum atomic E-state index is 11.4. The Bertz CT molecular complexity index is 6020. The summed E-state index contributed by atoms with van der Waals surface area (Å²) in [5, 5.41) is 123. The molecular formula is C94H96N14O28S. The van der Waals surface area contributed by atoms with Crippen molar-refractivity contribution < 1.29 is 138 Å². The number of aromatic nitrogens is 8. The molecule has 0 radical (unpaired) electrons. The highest BCUT2D eigenvalue weighted by molar-refractivity contribution is 7.80.